The van der Waals surface area contributed by atoms with Crippen molar-refractivity contribution in [3.63, 3.8) is 0 Å². The quantitative estimate of drug-likeness (QED) is 0.664. The average Bonchev–Trinajstić information content (AvgIpc) is 2.95. The second-order valence-electron chi connectivity index (χ2n) is 5.09. The van der Waals surface area contributed by atoms with E-state index < -0.39 is 10.0 Å². The van der Waals surface area contributed by atoms with Gasteiger partial charge in [0, 0.05) is 19.0 Å². The second kappa shape index (κ2) is 7.93. The third-order valence-corrected chi connectivity index (χ3v) is 3.77. The van der Waals surface area contributed by atoms with Crippen molar-refractivity contribution in [2.45, 2.75) is 13.3 Å². The fourth-order valence-corrected chi connectivity index (χ4v) is 2.46. The number of nitrogens with one attached hydrogen (secondary N) is 3. The zero-order valence-electron chi connectivity index (χ0n) is 13.5. The van der Waals surface area contributed by atoms with Crippen LogP contribution in [0.25, 0.3) is 11.3 Å². The number of nitrogens with zero attached hydrogens (tertiary/aromatic N) is 1. The van der Waals surface area contributed by atoms with Gasteiger partial charge in [0.25, 0.3) is 0 Å². The van der Waals surface area contributed by atoms with Gasteiger partial charge in [-0.1, -0.05) is 0 Å². The van der Waals surface area contributed by atoms with E-state index in [1.54, 1.807) is 6.07 Å². The van der Waals surface area contributed by atoms with Gasteiger partial charge in [0.2, 0.25) is 15.9 Å². The third kappa shape index (κ3) is 5.67. The molecule has 3 N–H and O–H groups in total. The Morgan fingerprint density at radius 1 is 1.29 bits per heavy atom. The Hall–Kier alpha value is -2.39. The number of H-pyrrole nitrogens is 1. The molecular weight excluding hydrogens is 332 g/mol. The van der Waals surface area contributed by atoms with Crippen LogP contribution in [0.15, 0.2) is 30.3 Å². The Morgan fingerprint density at radius 3 is 2.62 bits per heavy atom. The Balaban J connectivity index is 1.91. The monoisotopic (exact) mass is 352 g/mol. The number of carbonyl (C=O) groups is 1. The molecular formula is C15H20N4O4S. The molecule has 1 heterocycles. The number of aromatic nitrogens is 2. The number of sulfonamides is 1. The smallest absolute Gasteiger partial charge is 0.226 e. The highest BCUT2D eigenvalue weighted by Gasteiger charge is 2.09. The van der Waals surface area contributed by atoms with Crippen LogP contribution in [0.1, 0.15) is 13.3 Å². The fourth-order valence-electron chi connectivity index (χ4n) is 1.99. The van der Waals surface area contributed by atoms with E-state index >= 15 is 0 Å². The fraction of sp³-hybridized carbons (Fsp3) is 0.333. The number of anilines is 1. The van der Waals surface area contributed by atoms with E-state index in [1.165, 1.54) is 0 Å². The maximum atomic E-state index is 11.7. The van der Waals surface area contributed by atoms with Gasteiger partial charge in [0.05, 0.1) is 18.6 Å². The predicted molar refractivity (Wildman–Crippen MR) is 91.3 cm³/mol. The Morgan fingerprint density at radius 2 is 2.00 bits per heavy atom. The number of ether oxygens (including phenoxy) is 1. The van der Waals surface area contributed by atoms with Gasteiger partial charge in [-0.15, -0.1) is 0 Å². The number of benzene rings is 1. The van der Waals surface area contributed by atoms with Crippen LogP contribution in [0.3, 0.4) is 0 Å². The van der Waals surface area contributed by atoms with Crippen molar-refractivity contribution in [1.29, 1.82) is 0 Å². The molecule has 0 fully saturated rings. The van der Waals surface area contributed by atoms with E-state index in [0.717, 1.165) is 23.3 Å². The van der Waals surface area contributed by atoms with Gasteiger partial charge in [-0.2, -0.15) is 5.10 Å². The Kier molecular flexibility index (Phi) is 5.93. The average molecular weight is 352 g/mol. The van der Waals surface area contributed by atoms with Crippen molar-refractivity contribution in [1.82, 2.24) is 14.9 Å². The van der Waals surface area contributed by atoms with Crippen molar-refractivity contribution in [3.05, 3.63) is 30.3 Å². The summed E-state index contributed by atoms with van der Waals surface area (Å²) in [4.78, 5) is 11.7. The molecule has 8 nitrogen and oxygen atoms in total. The molecule has 130 valence electrons. The number of carbonyl (C=O) groups excluding carboxylic acids is 1. The van der Waals surface area contributed by atoms with Crippen LogP contribution in [0.4, 0.5) is 5.82 Å². The zero-order chi connectivity index (χ0) is 17.6. The molecule has 0 radical (unpaired) electrons. The molecule has 1 aromatic carbocycles. The molecule has 2 rings (SSSR count). The van der Waals surface area contributed by atoms with E-state index in [0.29, 0.717) is 12.4 Å². The van der Waals surface area contributed by atoms with Crippen molar-refractivity contribution in [3.8, 4) is 17.0 Å². The van der Waals surface area contributed by atoms with Crippen molar-refractivity contribution in [2.24, 2.45) is 0 Å². The molecule has 24 heavy (non-hydrogen) atoms. The van der Waals surface area contributed by atoms with E-state index in [-0.39, 0.29) is 18.9 Å². The summed E-state index contributed by atoms with van der Waals surface area (Å²) in [5, 5.41) is 9.47. The van der Waals surface area contributed by atoms with E-state index in [1.807, 2.05) is 31.2 Å². The van der Waals surface area contributed by atoms with Gasteiger partial charge in [-0.05, 0) is 36.8 Å². The summed E-state index contributed by atoms with van der Waals surface area (Å²) in [5.74, 6) is 0.840. The van der Waals surface area contributed by atoms with E-state index in [2.05, 4.69) is 20.2 Å². The molecule has 1 amide bonds. The summed E-state index contributed by atoms with van der Waals surface area (Å²) in [5.41, 5.74) is 1.66. The summed E-state index contributed by atoms with van der Waals surface area (Å²) < 4.78 is 29.5. The molecule has 0 unspecified atom stereocenters. The van der Waals surface area contributed by atoms with Crippen LogP contribution in [0, 0.1) is 0 Å². The maximum Gasteiger partial charge on any atom is 0.226 e. The first-order valence-corrected chi connectivity index (χ1v) is 9.29. The van der Waals surface area contributed by atoms with Crippen LogP contribution in [0.2, 0.25) is 0 Å². The van der Waals surface area contributed by atoms with Gasteiger partial charge in [-0.3, -0.25) is 9.89 Å². The Bertz CT molecular complexity index is 784. The molecule has 0 aliphatic heterocycles. The normalized spacial score (nSPS) is 11.2. The van der Waals surface area contributed by atoms with Crippen LogP contribution in [-0.4, -0.2) is 43.9 Å². The number of rotatable bonds is 8. The lowest BCUT2D eigenvalue weighted by molar-refractivity contribution is -0.116. The Labute approximate surface area is 140 Å². The summed E-state index contributed by atoms with van der Waals surface area (Å²) in [7, 11) is -3.29. The first kappa shape index (κ1) is 18.0. The highest BCUT2D eigenvalue weighted by Crippen LogP contribution is 2.22. The van der Waals surface area contributed by atoms with Gasteiger partial charge in [-0.25, -0.2) is 13.1 Å². The minimum atomic E-state index is -3.29. The molecule has 0 bridgehead atoms. The van der Waals surface area contributed by atoms with E-state index in [4.69, 9.17) is 4.74 Å². The van der Waals surface area contributed by atoms with Gasteiger partial charge in [0.1, 0.15) is 5.75 Å². The predicted octanol–water partition coefficient (Wildman–Crippen LogP) is 1.35. The molecule has 0 aliphatic rings. The summed E-state index contributed by atoms with van der Waals surface area (Å²) >= 11 is 0. The lowest BCUT2D eigenvalue weighted by atomic mass is 10.1. The number of amides is 1. The highest BCUT2D eigenvalue weighted by molar-refractivity contribution is 7.88. The third-order valence-electron chi connectivity index (χ3n) is 3.04. The largest absolute Gasteiger partial charge is 0.494 e. The lowest BCUT2D eigenvalue weighted by Crippen LogP contribution is -2.26. The summed E-state index contributed by atoms with van der Waals surface area (Å²) in [6.07, 6.45) is 1.07. The molecule has 1 aromatic heterocycles. The molecule has 0 atom stereocenters. The zero-order valence-corrected chi connectivity index (χ0v) is 14.3. The van der Waals surface area contributed by atoms with Crippen LogP contribution < -0.4 is 14.8 Å². The lowest BCUT2D eigenvalue weighted by Gasteiger charge is -2.03. The molecule has 9 heteroatoms. The van der Waals surface area contributed by atoms with Crippen molar-refractivity contribution < 1.29 is 17.9 Å². The summed E-state index contributed by atoms with van der Waals surface area (Å²) in [6.45, 7) is 2.57. The minimum absolute atomic E-state index is 0.0261. The summed E-state index contributed by atoms with van der Waals surface area (Å²) in [6, 6.07) is 9.20. The maximum absolute atomic E-state index is 11.7. The van der Waals surface area contributed by atoms with Gasteiger partial charge in [0.15, 0.2) is 5.82 Å². The first-order valence-electron chi connectivity index (χ1n) is 7.40. The topological polar surface area (TPSA) is 113 Å². The molecule has 0 spiro atoms. The number of hydrogen-bond acceptors (Lipinski definition) is 5. The van der Waals surface area contributed by atoms with Crippen molar-refractivity contribution >= 4 is 21.7 Å². The van der Waals surface area contributed by atoms with Crippen LogP contribution in [-0.2, 0) is 14.8 Å². The molecule has 0 aliphatic carbocycles. The molecule has 0 saturated carbocycles. The van der Waals surface area contributed by atoms with Crippen LogP contribution in [0.5, 0.6) is 5.75 Å². The second-order valence-corrected chi connectivity index (χ2v) is 6.92. The first-order chi connectivity index (χ1) is 11.4. The number of hydrogen-bond donors (Lipinski definition) is 3. The molecule has 0 saturated heterocycles. The van der Waals surface area contributed by atoms with Gasteiger partial charge < -0.3 is 10.1 Å². The minimum Gasteiger partial charge on any atom is -0.494 e. The highest BCUT2D eigenvalue weighted by atomic mass is 32.2. The van der Waals surface area contributed by atoms with Gasteiger partial charge >= 0.3 is 0 Å². The SMILES string of the molecule is CCOc1ccc(-c2cc(NC(=O)CCNS(C)(=O)=O)n[nH]2)cc1. The standard InChI is InChI=1S/C15H20N4O4S/c1-3-23-12-6-4-11(5-7-12)13-10-14(19-18-13)17-15(20)8-9-16-24(2,21)22/h4-7,10,16H,3,8-9H2,1-2H3,(H2,17,18,19,20). The number of aromatic amines is 1. The molecule has 2 aromatic rings. The van der Waals surface area contributed by atoms with Crippen LogP contribution >= 0.6 is 0 Å². The van der Waals surface area contributed by atoms with Crippen molar-refractivity contribution in [2.75, 3.05) is 24.7 Å². The van der Waals surface area contributed by atoms with E-state index in [9.17, 15) is 13.2 Å².